The monoisotopic (exact) mass is 677 g/mol. The first kappa shape index (κ1) is 30.0. The Morgan fingerprint density at radius 2 is 1.00 bits per heavy atom. The molecule has 0 unspecified atom stereocenters. The van der Waals surface area contributed by atoms with Crippen molar-refractivity contribution in [2.75, 3.05) is 4.90 Å². The molecular formula is C51H35NO. The summed E-state index contributed by atoms with van der Waals surface area (Å²) >= 11 is 0. The summed E-state index contributed by atoms with van der Waals surface area (Å²) < 4.78 is 6.42. The summed E-state index contributed by atoms with van der Waals surface area (Å²) in [5.41, 5.74) is 12.9. The van der Waals surface area contributed by atoms with E-state index < -0.39 is 0 Å². The standard InChI is InChI=1S/C51H35NO/c1-51(2)45-21-10-8-18-39(45)40-26-24-36(31-46(40)51)52(34-16-12-15-33(29-34)32-13-4-3-5-14-32)35-23-25-38-37-17-6-7-19-41(37)49-42(44(38)30-35)27-28-48-50(49)43-20-9-11-22-47(43)53-48/h3-31H,1-2H3. The molecule has 1 aliphatic carbocycles. The third-order valence-corrected chi connectivity index (χ3v) is 11.6. The number of nitrogens with zero attached hydrogens (tertiary/aromatic N) is 1. The van der Waals surface area contributed by atoms with Crippen LogP contribution in [0.2, 0.25) is 0 Å². The first-order chi connectivity index (χ1) is 26.0. The molecule has 250 valence electrons. The van der Waals surface area contributed by atoms with E-state index in [9.17, 15) is 0 Å². The lowest BCUT2D eigenvalue weighted by Crippen LogP contribution is -2.16. The Kier molecular flexibility index (Phi) is 6.33. The minimum atomic E-state index is -0.114. The summed E-state index contributed by atoms with van der Waals surface area (Å²) in [7, 11) is 0. The molecule has 53 heavy (non-hydrogen) atoms. The van der Waals surface area contributed by atoms with Gasteiger partial charge < -0.3 is 9.32 Å². The van der Waals surface area contributed by atoms with Crippen LogP contribution in [-0.2, 0) is 5.41 Å². The topological polar surface area (TPSA) is 16.4 Å². The maximum Gasteiger partial charge on any atom is 0.136 e. The van der Waals surface area contributed by atoms with E-state index in [0.717, 1.165) is 33.6 Å². The van der Waals surface area contributed by atoms with Gasteiger partial charge in [0.15, 0.2) is 0 Å². The number of hydrogen-bond acceptors (Lipinski definition) is 2. The zero-order chi connectivity index (χ0) is 35.3. The number of benzene rings is 9. The molecule has 0 saturated carbocycles. The summed E-state index contributed by atoms with van der Waals surface area (Å²) in [6.07, 6.45) is 0. The van der Waals surface area contributed by atoms with Crippen LogP contribution in [0.1, 0.15) is 25.0 Å². The molecule has 0 spiro atoms. The fourth-order valence-electron chi connectivity index (χ4n) is 9.12. The molecule has 0 amide bonds. The molecular weight excluding hydrogens is 643 g/mol. The highest BCUT2D eigenvalue weighted by Crippen LogP contribution is 2.51. The number of furan rings is 1. The highest BCUT2D eigenvalue weighted by Gasteiger charge is 2.35. The fourth-order valence-corrected chi connectivity index (χ4v) is 9.12. The molecule has 0 fully saturated rings. The molecule has 0 aliphatic heterocycles. The van der Waals surface area contributed by atoms with Crippen LogP contribution in [0.15, 0.2) is 180 Å². The van der Waals surface area contributed by atoms with Gasteiger partial charge in [0.1, 0.15) is 11.2 Å². The highest BCUT2D eigenvalue weighted by molar-refractivity contribution is 6.34. The molecule has 0 saturated heterocycles. The van der Waals surface area contributed by atoms with Crippen molar-refractivity contribution >= 4 is 71.3 Å². The van der Waals surface area contributed by atoms with Crippen molar-refractivity contribution in [2.45, 2.75) is 19.3 Å². The van der Waals surface area contributed by atoms with Crippen LogP contribution in [0.3, 0.4) is 0 Å². The quantitative estimate of drug-likeness (QED) is 0.172. The van der Waals surface area contributed by atoms with Gasteiger partial charge in [-0.15, -0.1) is 0 Å². The van der Waals surface area contributed by atoms with E-state index in [4.69, 9.17) is 4.42 Å². The van der Waals surface area contributed by atoms with E-state index in [2.05, 4.69) is 189 Å². The molecule has 1 aromatic heterocycles. The van der Waals surface area contributed by atoms with Crippen LogP contribution in [0, 0.1) is 0 Å². The van der Waals surface area contributed by atoms with Crippen LogP contribution in [0.4, 0.5) is 17.1 Å². The van der Waals surface area contributed by atoms with E-state index in [-0.39, 0.29) is 5.41 Å². The minimum Gasteiger partial charge on any atom is -0.456 e. The van der Waals surface area contributed by atoms with Crippen molar-refractivity contribution in [3.63, 3.8) is 0 Å². The van der Waals surface area contributed by atoms with Gasteiger partial charge in [0, 0.05) is 38.6 Å². The smallest absolute Gasteiger partial charge is 0.136 e. The Hall–Kier alpha value is -6.64. The number of fused-ring (bicyclic) bond motifs is 13. The van der Waals surface area contributed by atoms with Gasteiger partial charge in [0.25, 0.3) is 0 Å². The van der Waals surface area contributed by atoms with Crippen LogP contribution >= 0.6 is 0 Å². The third kappa shape index (κ3) is 4.39. The molecule has 1 heterocycles. The van der Waals surface area contributed by atoms with Crippen molar-refractivity contribution in [3.8, 4) is 22.3 Å². The van der Waals surface area contributed by atoms with E-state index in [1.54, 1.807) is 0 Å². The van der Waals surface area contributed by atoms with Gasteiger partial charge in [-0.2, -0.15) is 0 Å². The molecule has 10 aromatic rings. The summed E-state index contributed by atoms with van der Waals surface area (Å²) in [6, 6.07) is 64.2. The second-order valence-corrected chi connectivity index (χ2v) is 14.9. The van der Waals surface area contributed by atoms with Crippen LogP contribution < -0.4 is 4.90 Å². The molecule has 0 atom stereocenters. The van der Waals surface area contributed by atoms with E-state index in [1.807, 2.05) is 6.07 Å². The van der Waals surface area contributed by atoms with Crippen molar-refractivity contribution in [3.05, 3.63) is 187 Å². The van der Waals surface area contributed by atoms with Gasteiger partial charge in [-0.25, -0.2) is 0 Å². The van der Waals surface area contributed by atoms with Crippen LogP contribution in [0.5, 0.6) is 0 Å². The van der Waals surface area contributed by atoms with Crippen molar-refractivity contribution < 1.29 is 4.42 Å². The van der Waals surface area contributed by atoms with Gasteiger partial charge in [0.2, 0.25) is 0 Å². The fraction of sp³-hybridized carbons (Fsp3) is 0.0588. The zero-order valence-electron chi connectivity index (χ0n) is 29.6. The maximum atomic E-state index is 6.42. The zero-order valence-corrected chi connectivity index (χ0v) is 29.6. The van der Waals surface area contributed by atoms with Crippen molar-refractivity contribution in [1.82, 2.24) is 0 Å². The number of anilines is 3. The number of hydrogen-bond donors (Lipinski definition) is 0. The van der Waals surface area contributed by atoms with Crippen molar-refractivity contribution in [2.24, 2.45) is 0 Å². The lowest BCUT2D eigenvalue weighted by atomic mass is 9.82. The molecule has 0 radical (unpaired) electrons. The Balaban J connectivity index is 1.20. The predicted octanol–water partition coefficient (Wildman–Crippen LogP) is 14.5. The minimum absolute atomic E-state index is 0.114. The van der Waals surface area contributed by atoms with Gasteiger partial charge in [-0.1, -0.05) is 135 Å². The van der Waals surface area contributed by atoms with E-state index in [1.165, 1.54) is 71.1 Å². The van der Waals surface area contributed by atoms with Crippen LogP contribution in [0.25, 0.3) is 76.5 Å². The first-order valence-electron chi connectivity index (χ1n) is 18.4. The first-order valence-corrected chi connectivity index (χ1v) is 18.4. The van der Waals surface area contributed by atoms with E-state index >= 15 is 0 Å². The summed E-state index contributed by atoms with van der Waals surface area (Å²) in [4.78, 5) is 2.44. The normalized spacial score (nSPS) is 13.2. The molecule has 9 aromatic carbocycles. The molecule has 2 heteroatoms. The highest BCUT2D eigenvalue weighted by atomic mass is 16.3. The van der Waals surface area contributed by atoms with Gasteiger partial charge in [0.05, 0.1) is 0 Å². The SMILES string of the molecule is CC1(C)c2ccccc2-c2ccc(N(c3cccc(-c4ccccc4)c3)c3ccc4c5ccccc5c5c(ccc6oc7ccccc7c65)c4c3)cc21. The van der Waals surface area contributed by atoms with Gasteiger partial charge >= 0.3 is 0 Å². The Labute approximate surface area is 308 Å². The molecule has 2 nitrogen and oxygen atoms in total. The summed E-state index contributed by atoms with van der Waals surface area (Å²) in [5, 5.41) is 9.74. The predicted molar refractivity (Wildman–Crippen MR) is 224 cm³/mol. The second-order valence-electron chi connectivity index (χ2n) is 14.9. The summed E-state index contributed by atoms with van der Waals surface area (Å²) in [5.74, 6) is 0. The molecule has 0 bridgehead atoms. The molecule has 1 aliphatic rings. The Morgan fingerprint density at radius 1 is 0.377 bits per heavy atom. The Bertz CT molecular complexity index is 3090. The molecule has 11 rings (SSSR count). The lowest BCUT2D eigenvalue weighted by Gasteiger charge is -2.29. The van der Waals surface area contributed by atoms with E-state index in [0.29, 0.717) is 0 Å². The maximum absolute atomic E-state index is 6.42. The average molecular weight is 678 g/mol. The average Bonchev–Trinajstić information content (AvgIpc) is 3.70. The third-order valence-electron chi connectivity index (χ3n) is 11.6. The lowest BCUT2D eigenvalue weighted by molar-refractivity contribution is 0.660. The molecule has 0 N–H and O–H groups in total. The van der Waals surface area contributed by atoms with Crippen LogP contribution in [-0.4, -0.2) is 0 Å². The number of rotatable bonds is 4. The largest absolute Gasteiger partial charge is 0.456 e. The van der Waals surface area contributed by atoms with Gasteiger partial charge in [-0.05, 0) is 115 Å². The van der Waals surface area contributed by atoms with Gasteiger partial charge in [-0.3, -0.25) is 0 Å². The second kappa shape index (κ2) is 11.2. The van der Waals surface area contributed by atoms with Crippen molar-refractivity contribution in [1.29, 1.82) is 0 Å². The Morgan fingerprint density at radius 3 is 1.89 bits per heavy atom. The summed E-state index contributed by atoms with van der Waals surface area (Å²) in [6.45, 7) is 4.71. The number of para-hydroxylation sites is 1.